The molecule has 158 valence electrons. The van der Waals surface area contributed by atoms with Gasteiger partial charge in [0.25, 0.3) is 5.91 Å². The largest absolute Gasteiger partial charge is 0.338 e. The molecule has 1 aliphatic carbocycles. The van der Waals surface area contributed by atoms with Gasteiger partial charge in [0.1, 0.15) is 0 Å². The average molecular weight is 443 g/mol. The average Bonchev–Trinajstić information content (AvgIpc) is 3.37. The summed E-state index contributed by atoms with van der Waals surface area (Å²) in [5.41, 5.74) is 4.23. The molecular weight excluding hydrogens is 415 g/mol. The van der Waals surface area contributed by atoms with Crippen LogP contribution < -0.4 is 0 Å². The van der Waals surface area contributed by atoms with E-state index < -0.39 is 0 Å². The van der Waals surface area contributed by atoms with Crippen molar-refractivity contribution in [3.63, 3.8) is 0 Å². The summed E-state index contributed by atoms with van der Waals surface area (Å²) in [7, 11) is 0. The van der Waals surface area contributed by atoms with E-state index in [2.05, 4.69) is 29.2 Å². The van der Waals surface area contributed by atoms with Gasteiger partial charge in [0.2, 0.25) is 0 Å². The molecule has 0 saturated carbocycles. The number of rotatable bonds is 3. The van der Waals surface area contributed by atoms with Crippen LogP contribution in [-0.4, -0.2) is 48.4 Å². The predicted molar refractivity (Wildman–Crippen MR) is 123 cm³/mol. The number of piperidine rings is 1. The second kappa shape index (κ2) is 8.18. The molecule has 3 aliphatic rings. The van der Waals surface area contributed by atoms with Crippen LogP contribution in [0.2, 0.25) is 10.0 Å². The van der Waals surface area contributed by atoms with E-state index in [0.29, 0.717) is 26.9 Å². The molecule has 2 aromatic rings. The van der Waals surface area contributed by atoms with Gasteiger partial charge >= 0.3 is 0 Å². The van der Waals surface area contributed by atoms with Crippen LogP contribution in [0.5, 0.6) is 0 Å². The molecule has 1 amide bonds. The predicted octanol–water partition coefficient (Wildman–Crippen LogP) is 5.44. The van der Waals surface area contributed by atoms with E-state index in [1.165, 1.54) is 38.8 Å². The number of fused-ring (bicyclic) bond motifs is 2. The van der Waals surface area contributed by atoms with E-state index in [9.17, 15) is 4.79 Å². The van der Waals surface area contributed by atoms with Crippen molar-refractivity contribution < 1.29 is 4.79 Å². The third kappa shape index (κ3) is 3.77. The lowest BCUT2D eigenvalue weighted by atomic mass is 9.74. The van der Waals surface area contributed by atoms with Crippen molar-refractivity contribution in [2.75, 3.05) is 32.7 Å². The lowest BCUT2D eigenvalue weighted by molar-refractivity contribution is 0.0779. The molecule has 2 aromatic carbocycles. The highest BCUT2D eigenvalue weighted by molar-refractivity contribution is 6.42. The van der Waals surface area contributed by atoms with E-state index >= 15 is 0 Å². The van der Waals surface area contributed by atoms with E-state index in [-0.39, 0.29) is 5.91 Å². The summed E-state index contributed by atoms with van der Waals surface area (Å²) in [6, 6.07) is 14.2. The van der Waals surface area contributed by atoms with Crippen LogP contribution >= 0.6 is 23.2 Å². The third-order valence-electron chi connectivity index (χ3n) is 7.53. The highest BCUT2D eigenvalue weighted by atomic mass is 35.5. The minimum absolute atomic E-state index is 0.0660. The number of likely N-dealkylation sites (tertiary alicyclic amines) is 2. The first kappa shape index (κ1) is 20.4. The fourth-order valence-electron chi connectivity index (χ4n) is 5.79. The fraction of sp³-hybridized carbons (Fsp3) is 0.480. The highest BCUT2D eigenvalue weighted by Gasteiger charge is 2.41. The maximum Gasteiger partial charge on any atom is 0.253 e. The zero-order chi connectivity index (χ0) is 20.7. The summed E-state index contributed by atoms with van der Waals surface area (Å²) in [4.78, 5) is 17.4. The normalized spacial score (nSPS) is 23.1. The molecule has 0 N–H and O–H groups in total. The van der Waals surface area contributed by atoms with Gasteiger partial charge in [0.15, 0.2) is 0 Å². The summed E-state index contributed by atoms with van der Waals surface area (Å²) >= 11 is 12.1. The Kier molecular flexibility index (Phi) is 5.55. The quantitative estimate of drug-likeness (QED) is 0.631. The molecule has 2 fully saturated rings. The Morgan fingerprint density at radius 2 is 1.80 bits per heavy atom. The smallest absolute Gasteiger partial charge is 0.253 e. The number of benzene rings is 2. The van der Waals surface area contributed by atoms with Crippen LogP contribution in [0.3, 0.4) is 0 Å². The van der Waals surface area contributed by atoms with Crippen molar-refractivity contribution in [2.45, 2.75) is 37.5 Å². The number of aryl methyl sites for hydroxylation is 1. The Labute approximate surface area is 189 Å². The van der Waals surface area contributed by atoms with Gasteiger partial charge in [0, 0.05) is 25.2 Å². The zero-order valence-corrected chi connectivity index (χ0v) is 18.8. The van der Waals surface area contributed by atoms with Crippen LogP contribution in [0, 0.1) is 5.92 Å². The molecule has 5 heteroatoms. The Hall–Kier alpha value is -1.55. The number of hydrogen-bond donors (Lipinski definition) is 0. The van der Waals surface area contributed by atoms with E-state index in [1.54, 1.807) is 29.3 Å². The minimum atomic E-state index is 0.0660. The van der Waals surface area contributed by atoms with Crippen LogP contribution in [0.15, 0.2) is 42.5 Å². The van der Waals surface area contributed by atoms with Crippen molar-refractivity contribution in [3.8, 4) is 0 Å². The first-order valence-corrected chi connectivity index (χ1v) is 11.8. The van der Waals surface area contributed by atoms with Gasteiger partial charge in [-0.3, -0.25) is 4.79 Å². The number of amides is 1. The molecular formula is C25H28Cl2N2O. The van der Waals surface area contributed by atoms with Gasteiger partial charge in [0.05, 0.1) is 10.0 Å². The van der Waals surface area contributed by atoms with Crippen LogP contribution in [0.25, 0.3) is 0 Å². The molecule has 5 rings (SSSR count). The van der Waals surface area contributed by atoms with Gasteiger partial charge < -0.3 is 9.80 Å². The third-order valence-corrected chi connectivity index (χ3v) is 8.27. The molecule has 1 atom stereocenters. The minimum Gasteiger partial charge on any atom is -0.338 e. The lowest BCUT2D eigenvalue weighted by Crippen LogP contribution is -2.43. The summed E-state index contributed by atoms with van der Waals surface area (Å²) in [5.74, 6) is 0.623. The number of halogens is 2. The van der Waals surface area contributed by atoms with E-state index in [4.69, 9.17) is 23.2 Å². The van der Waals surface area contributed by atoms with Crippen molar-refractivity contribution in [2.24, 2.45) is 5.92 Å². The summed E-state index contributed by atoms with van der Waals surface area (Å²) in [6.45, 7) is 5.11. The summed E-state index contributed by atoms with van der Waals surface area (Å²) in [5, 5.41) is 0.925. The molecule has 3 nitrogen and oxygen atoms in total. The molecule has 2 saturated heterocycles. The van der Waals surface area contributed by atoms with Gasteiger partial charge in [-0.15, -0.1) is 0 Å². The second-order valence-electron chi connectivity index (χ2n) is 9.27. The number of carbonyl (C=O) groups excluding carboxylic acids is 1. The zero-order valence-electron chi connectivity index (χ0n) is 17.2. The van der Waals surface area contributed by atoms with Crippen molar-refractivity contribution >= 4 is 29.1 Å². The molecule has 2 aliphatic heterocycles. The maximum absolute atomic E-state index is 12.8. The molecule has 2 heterocycles. The highest BCUT2D eigenvalue weighted by Crippen LogP contribution is 2.46. The van der Waals surface area contributed by atoms with Gasteiger partial charge in [-0.25, -0.2) is 0 Å². The monoisotopic (exact) mass is 442 g/mol. The van der Waals surface area contributed by atoms with Crippen LogP contribution in [0.1, 0.15) is 47.2 Å². The van der Waals surface area contributed by atoms with Gasteiger partial charge in [-0.05, 0) is 85.9 Å². The van der Waals surface area contributed by atoms with Crippen molar-refractivity contribution in [1.82, 2.24) is 9.80 Å². The second-order valence-corrected chi connectivity index (χ2v) is 10.1. The Morgan fingerprint density at radius 1 is 1.00 bits per heavy atom. The Morgan fingerprint density at radius 3 is 2.60 bits per heavy atom. The van der Waals surface area contributed by atoms with E-state index in [0.717, 1.165) is 26.1 Å². The molecule has 0 radical (unpaired) electrons. The van der Waals surface area contributed by atoms with Crippen molar-refractivity contribution in [3.05, 3.63) is 69.2 Å². The van der Waals surface area contributed by atoms with Gasteiger partial charge in [-0.1, -0.05) is 47.5 Å². The lowest BCUT2D eigenvalue weighted by Gasteiger charge is -2.41. The van der Waals surface area contributed by atoms with Gasteiger partial charge in [-0.2, -0.15) is 0 Å². The topological polar surface area (TPSA) is 23.6 Å². The molecule has 1 unspecified atom stereocenters. The van der Waals surface area contributed by atoms with Crippen LogP contribution in [0.4, 0.5) is 0 Å². The molecule has 30 heavy (non-hydrogen) atoms. The number of nitrogens with zero attached hydrogens (tertiary/aromatic N) is 2. The maximum atomic E-state index is 12.8. The number of hydrogen-bond acceptors (Lipinski definition) is 2. The fourth-order valence-corrected chi connectivity index (χ4v) is 6.09. The van der Waals surface area contributed by atoms with Crippen LogP contribution in [-0.2, 0) is 11.8 Å². The standard InChI is InChI=1S/C25H28Cl2N2O/c26-22-6-5-20(15-23(22)27)24(30)29-12-8-18(17-29)16-28-13-10-25(11-14-28)9-7-19-3-1-2-4-21(19)25/h1-6,15,18H,7-14,16-17H2. The SMILES string of the molecule is O=C(c1ccc(Cl)c(Cl)c1)N1CCC(CN2CCC3(CCc4ccccc43)CC2)C1. The molecule has 0 bridgehead atoms. The number of carbonyl (C=O) groups is 1. The first-order valence-electron chi connectivity index (χ1n) is 11.1. The Bertz CT molecular complexity index is 952. The molecule has 0 aromatic heterocycles. The first-order chi connectivity index (χ1) is 14.5. The Balaban J connectivity index is 1.16. The molecule has 1 spiro atoms. The summed E-state index contributed by atoms with van der Waals surface area (Å²) in [6.07, 6.45) is 6.17. The van der Waals surface area contributed by atoms with E-state index in [1.807, 2.05) is 4.90 Å². The summed E-state index contributed by atoms with van der Waals surface area (Å²) < 4.78 is 0. The van der Waals surface area contributed by atoms with Crippen molar-refractivity contribution in [1.29, 1.82) is 0 Å².